The van der Waals surface area contributed by atoms with E-state index < -0.39 is 6.04 Å². The van der Waals surface area contributed by atoms with Crippen LogP contribution in [0.1, 0.15) is 12.8 Å². The highest BCUT2D eigenvalue weighted by molar-refractivity contribution is 5.97. The molecule has 1 aromatic heterocycles. The number of likely N-dealkylation sites (tertiary alicyclic amines) is 1. The van der Waals surface area contributed by atoms with Gasteiger partial charge in [0.05, 0.1) is 7.11 Å². The van der Waals surface area contributed by atoms with Crippen LogP contribution in [0.4, 0.5) is 5.69 Å². The third-order valence-electron chi connectivity index (χ3n) is 5.29. The summed E-state index contributed by atoms with van der Waals surface area (Å²) in [5.41, 5.74) is 2.78. The van der Waals surface area contributed by atoms with E-state index >= 15 is 0 Å². The number of nitrogens with zero attached hydrogens (tertiary/aromatic N) is 3. The van der Waals surface area contributed by atoms with Crippen LogP contribution in [-0.2, 0) is 16.1 Å². The second-order valence-corrected chi connectivity index (χ2v) is 7.25. The van der Waals surface area contributed by atoms with Crippen LogP contribution in [0.5, 0.6) is 5.75 Å². The molecule has 0 saturated carbocycles. The average Bonchev–Trinajstić information content (AvgIpc) is 3.46. The van der Waals surface area contributed by atoms with E-state index in [1.165, 1.54) is 0 Å². The summed E-state index contributed by atoms with van der Waals surface area (Å²) in [5.74, 6) is 0.547. The molecule has 2 amide bonds. The van der Waals surface area contributed by atoms with Crippen molar-refractivity contribution in [1.82, 2.24) is 14.7 Å². The molecule has 154 valence electrons. The Labute approximate surface area is 175 Å². The first kappa shape index (κ1) is 19.7. The number of carbonyl (C=O) groups excluding carboxylic acids is 2. The van der Waals surface area contributed by atoms with Crippen LogP contribution in [0, 0.1) is 0 Å². The van der Waals surface area contributed by atoms with E-state index in [1.54, 1.807) is 35.2 Å². The number of benzene rings is 2. The van der Waals surface area contributed by atoms with Crippen LogP contribution < -0.4 is 10.1 Å². The Hall–Kier alpha value is -3.61. The van der Waals surface area contributed by atoms with Crippen LogP contribution in [0.2, 0.25) is 0 Å². The molecule has 7 nitrogen and oxygen atoms in total. The number of carbonyl (C=O) groups is 2. The van der Waals surface area contributed by atoms with Gasteiger partial charge in [0.25, 0.3) is 0 Å². The number of hydrogen-bond acceptors (Lipinski definition) is 4. The third-order valence-corrected chi connectivity index (χ3v) is 5.29. The van der Waals surface area contributed by atoms with Gasteiger partial charge in [0.2, 0.25) is 11.8 Å². The highest BCUT2D eigenvalue weighted by Gasteiger charge is 2.34. The highest BCUT2D eigenvalue weighted by atomic mass is 16.5. The molecule has 1 aliphatic rings. The summed E-state index contributed by atoms with van der Waals surface area (Å²) in [7, 11) is 1.64. The van der Waals surface area contributed by atoms with E-state index in [9.17, 15) is 9.59 Å². The number of amides is 2. The Kier molecular flexibility index (Phi) is 5.79. The SMILES string of the molecule is COc1cccc(-c2ccc(NC(=O)[C@@H]3CCCN3C(=O)Cn3cccn3)cc2)c1. The number of anilines is 1. The van der Waals surface area contributed by atoms with E-state index in [4.69, 9.17) is 4.74 Å². The number of hydrogen-bond donors (Lipinski definition) is 1. The van der Waals surface area contributed by atoms with Crippen molar-refractivity contribution in [2.75, 3.05) is 19.0 Å². The van der Waals surface area contributed by atoms with Gasteiger partial charge in [0.1, 0.15) is 18.3 Å². The highest BCUT2D eigenvalue weighted by Crippen LogP contribution is 2.26. The minimum Gasteiger partial charge on any atom is -0.497 e. The largest absolute Gasteiger partial charge is 0.497 e. The quantitative estimate of drug-likeness (QED) is 0.685. The standard InChI is InChI=1S/C23H24N4O3/c1-30-20-6-2-5-18(15-20)17-8-10-19(11-9-17)25-23(29)21-7-3-14-27(21)22(28)16-26-13-4-12-24-26/h2,4-6,8-13,15,21H,3,7,14,16H2,1H3,(H,25,29)/t21-/m0/s1. The number of ether oxygens (including phenoxy) is 1. The summed E-state index contributed by atoms with van der Waals surface area (Å²) >= 11 is 0. The first-order valence-corrected chi connectivity index (χ1v) is 9.96. The molecule has 1 fully saturated rings. The fourth-order valence-electron chi connectivity index (χ4n) is 3.74. The molecule has 1 saturated heterocycles. The summed E-state index contributed by atoms with van der Waals surface area (Å²) in [6.07, 6.45) is 4.86. The van der Waals surface area contributed by atoms with Gasteiger partial charge in [-0.25, -0.2) is 0 Å². The maximum atomic E-state index is 12.8. The fraction of sp³-hybridized carbons (Fsp3) is 0.261. The van der Waals surface area contributed by atoms with E-state index in [1.807, 2.05) is 48.5 Å². The number of aromatic nitrogens is 2. The lowest BCUT2D eigenvalue weighted by Gasteiger charge is -2.24. The average molecular weight is 404 g/mol. The van der Waals surface area contributed by atoms with Gasteiger partial charge in [-0.05, 0) is 54.3 Å². The first-order valence-electron chi connectivity index (χ1n) is 9.96. The Morgan fingerprint density at radius 2 is 1.97 bits per heavy atom. The van der Waals surface area contributed by atoms with Crippen molar-refractivity contribution in [3.8, 4) is 16.9 Å². The second-order valence-electron chi connectivity index (χ2n) is 7.25. The van der Waals surface area contributed by atoms with Crippen molar-refractivity contribution in [2.45, 2.75) is 25.4 Å². The lowest BCUT2D eigenvalue weighted by atomic mass is 10.1. The topological polar surface area (TPSA) is 76.5 Å². The smallest absolute Gasteiger partial charge is 0.247 e. The summed E-state index contributed by atoms with van der Waals surface area (Å²) in [6.45, 7) is 0.735. The number of methoxy groups -OCH3 is 1. The molecule has 4 rings (SSSR count). The molecule has 1 aliphatic heterocycles. The van der Waals surface area contributed by atoms with Crippen LogP contribution in [0.15, 0.2) is 67.0 Å². The second kappa shape index (κ2) is 8.82. The molecule has 30 heavy (non-hydrogen) atoms. The zero-order valence-electron chi connectivity index (χ0n) is 16.8. The third kappa shape index (κ3) is 4.35. The van der Waals surface area contributed by atoms with Gasteiger partial charge >= 0.3 is 0 Å². The zero-order valence-corrected chi connectivity index (χ0v) is 16.8. The van der Waals surface area contributed by atoms with Crippen LogP contribution in [0.25, 0.3) is 11.1 Å². The first-order chi connectivity index (χ1) is 14.6. The van der Waals surface area contributed by atoms with Crippen molar-refractivity contribution in [1.29, 1.82) is 0 Å². The number of nitrogens with one attached hydrogen (secondary N) is 1. The lowest BCUT2D eigenvalue weighted by molar-refractivity contribution is -0.137. The van der Waals surface area contributed by atoms with Crippen molar-refractivity contribution in [3.05, 3.63) is 67.0 Å². The zero-order chi connectivity index (χ0) is 20.9. The van der Waals surface area contributed by atoms with E-state index in [2.05, 4.69) is 10.4 Å². The summed E-state index contributed by atoms with van der Waals surface area (Å²) < 4.78 is 6.85. The molecule has 1 N–H and O–H groups in total. The fourth-order valence-corrected chi connectivity index (χ4v) is 3.74. The van der Waals surface area contributed by atoms with Gasteiger partial charge in [0.15, 0.2) is 0 Å². The predicted molar refractivity (Wildman–Crippen MR) is 114 cm³/mol. The van der Waals surface area contributed by atoms with Crippen molar-refractivity contribution in [3.63, 3.8) is 0 Å². The Morgan fingerprint density at radius 1 is 1.13 bits per heavy atom. The van der Waals surface area contributed by atoms with Crippen molar-refractivity contribution in [2.24, 2.45) is 0 Å². The maximum Gasteiger partial charge on any atom is 0.247 e. The summed E-state index contributed by atoms with van der Waals surface area (Å²) in [4.78, 5) is 27.1. The van der Waals surface area contributed by atoms with Gasteiger partial charge in [-0.2, -0.15) is 5.10 Å². The van der Waals surface area contributed by atoms with E-state index in [-0.39, 0.29) is 18.4 Å². The van der Waals surface area contributed by atoms with Crippen LogP contribution in [0.3, 0.4) is 0 Å². The Balaban J connectivity index is 1.40. The van der Waals surface area contributed by atoms with Gasteiger partial charge in [-0.15, -0.1) is 0 Å². The van der Waals surface area contributed by atoms with E-state index in [0.717, 1.165) is 23.3 Å². The normalized spacial score (nSPS) is 15.8. The molecule has 0 bridgehead atoms. The number of rotatable bonds is 6. The molecule has 2 aromatic carbocycles. The minimum atomic E-state index is -0.453. The van der Waals surface area contributed by atoms with Gasteiger partial charge in [0, 0.05) is 24.6 Å². The van der Waals surface area contributed by atoms with Gasteiger partial charge < -0.3 is 15.0 Å². The summed E-state index contributed by atoms with van der Waals surface area (Å²) in [5, 5.41) is 7.02. The molecule has 2 heterocycles. The molecule has 0 spiro atoms. The molecule has 0 radical (unpaired) electrons. The van der Waals surface area contributed by atoms with Gasteiger partial charge in [-0.3, -0.25) is 14.3 Å². The Morgan fingerprint density at radius 3 is 2.70 bits per heavy atom. The summed E-state index contributed by atoms with van der Waals surface area (Å²) in [6, 6.07) is 16.8. The molecule has 0 unspecified atom stereocenters. The van der Waals surface area contributed by atoms with Crippen molar-refractivity contribution >= 4 is 17.5 Å². The lowest BCUT2D eigenvalue weighted by Crippen LogP contribution is -2.44. The van der Waals surface area contributed by atoms with Crippen LogP contribution >= 0.6 is 0 Å². The molecule has 3 aromatic rings. The predicted octanol–water partition coefficient (Wildman–Crippen LogP) is 3.19. The van der Waals surface area contributed by atoms with E-state index in [0.29, 0.717) is 18.7 Å². The minimum absolute atomic E-state index is 0.0928. The Bertz CT molecular complexity index is 1020. The van der Waals surface area contributed by atoms with Crippen LogP contribution in [-0.4, -0.2) is 46.2 Å². The molecular formula is C23H24N4O3. The molecular weight excluding hydrogens is 380 g/mol. The maximum absolute atomic E-state index is 12.8. The monoisotopic (exact) mass is 404 g/mol. The molecule has 7 heteroatoms. The molecule has 1 atom stereocenters. The molecule has 0 aliphatic carbocycles. The van der Waals surface area contributed by atoms with Gasteiger partial charge in [-0.1, -0.05) is 24.3 Å². The van der Waals surface area contributed by atoms with Crippen molar-refractivity contribution < 1.29 is 14.3 Å².